The highest BCUT2D eigenvalue weighted by Crippen LogP contribution is 2.39. The van der Waals surface area contributed by atoms with E-state index in [0.717, 1.165) is 12.1 Å². The maximum Gasteiger partial charge on any atom is 0.338 e. The number of nitriles is 1. The first-order chi connectivity index (χ1) is 14.9. The highest BCUT2D eigenvalue weighted by molar-refractivity contribution is 5.92. The molecule has 0 spiro atoms. The van der Waals surface area contributed by atoms with E-state index in [4.69, 9.17) is 19.9 Å². The average Bonchev–Trinajstić information content (AvgIpc) is 2.73. The van der Waals surface area contributed by atoms with Crippen molar-refractivity contribution in [2.24, 2.45) is 5.73 Å². The van der Waals surface area contributed by atoms with E-state index in [9.17, 15) is 18.8 Å². The Labute approximate surface area is 178 Å². The van der Waals surface area contributed by atoms with Gasteiger partial charge in [0.05, 0.1) is 18.1 Å². The van der Waals surface area contributed by atoms with E-state index in [1.807, 2.05) is 6.07 Å². The number of carbonyl (C=O) groups excluding carboxylic acids is 1. The van der Waals surface area contributed by atoms with Gasteiger partial charge >= 0.3 is 5.97 Å². The Hall–Kier alpha value is -3.86. The second kappa shape index (κ2) is 9.30. The summed E-state index contributed by atoms with van der Waals surface area (Å²) in [5, 5.41) is 9.64. The molecule has 2 N–H and O–H groups in total. The van der Waals surface area contributed by atoms with Crippen LogP contribution in [0.25, 0.3) is 0 Å². The van der Waals surface area contributed by atoms with Crippen molar-refractivity contribution >= 4 is 5.97 Å². The molecule has 1 aliphatic heterocycles. The third-order valence-electron chi connectivity index (χ3n) is 4.69. The van der Waals surface area contributed by atoms with Crippen LogP contribution < -0.4 is 10.5 Å². The van der Waals surface area contributed by atoms with Gasteiger partial charge in [0.25, 0.3) is 0 Å². The minimum absolute atomic E-state index is 0.0619. The van der Waals surface area contributed by atoms with E-state index in [0.29, 0.717) is 11.1 Å². The topological polar surface area (TPSA) is 94.6 Å². The molecular weight excluding hydrogens is 406 g/mol. The molecule has 0 aromatic heterocycles. The van der Waals surface area contributed by atoms with E-state index in [1.165, 1.54) is 6.07 Å². The Kier molecular flexibility index (Phi) is 6.55. The predicted molar refractivity (Wildman–Crippen MR) is 107 cm³/mol. The highest BCUT2D eigenvalue weighted by Gasteiger charge is 2.36. The summed E-state index contributed by atoms with van der Waals surface area (Å²) in [4.78, 5) is 12.6. The molecule has 0 fully saturated rings. The smallest absolute Gasteiger partial charge is 0.338 e. The Balaban J connectivity index is 1.97. The first-order valence-electron chi connectivity index (χ1n) is 9.48. The van der Waals surface area contributed by atoms with Gasteiger partial charge in [0, 0.05) is 0 Å². The molecule has 31 heavy (non-hydrogen) atoms. The van der Waals surface area contributed by atoms with Crippen molar-refractivity contribution < 1.29 is 27.8 Å². The normalized spacial score (nSPS) is 15.9. The van der Waals surface area contributed by atoms with Crippen LogP contribution in [-0.2, 0) is 20.9 Å². The van der Waals surface area contributed by atoms with Crippen LogP contribution in [0.4, 0.5) is 8.78 Å². The second-order valence-corrected chi connectivity index (χ2v) is 6.70. The lowest BCUT2D eigenvalue weighted by atomic mass is 9.82. The lowest BCUT2D eigenvalue weighted by molar-refractivity contribution is -0.139. The molecule has 1 unspecified atom stereocenters. The molecule has 1 atom stereocenters. The fraction of sp³-hybridized carbons (Fsp3) is 0.217. The number of esters is 1. The molecule has 0 amide bonds. The van der Waals surface area contributed by atoms with Gasteiger partial charge < -0.3 is 19.9 Å². The van der Waals surface area contributed by atoms with Crippen molar-refractivity contribution in [2.45, 2.75) is 26.4 Å². The standard InChI is InChI=1S/C23H20F2N2O4/c1-3-29-23(28)19-13(2)31-22(27)16(11-26)20(19)15-7-4-6-14(10-15)12-30-21-17(24)8-5-9-18(21)25/h4-10,20H,3,12,27H2,1-2H3. The van der Waals surface area contributed by atoms with Gasteiger partial charge in [-0.15, -0.1) is 0 Å². The van der Waals surface area contributed by atoms with Crippen molar-refractivity contribution in [1.29, 1.82) is 5.26 Å². The Morgan fingerprint density at radius 2 is 1.90 bits per heavy atom. The SMILES string of the molecule is CCOC(=O)C1=C(C)OC(N)=C(C#N)C1c1cccc(COc2c(F)cccc2F)c1. The molecule has 6 nitrogen and oxygen atoms in total. The van der Waals surface area contributed by atoms with Crippen LogP contribution in [0.3, 0.4) is 0 Å². The number of ether oxygens (including phenoxy) is 3. The van der Waals surface area contributed by atoms with Crippen molar-refractivity contribution in [2.75, 3.05) is 6.61 Å². The van der Waals surface area contributed by atoms with Crippen LogP contribution >= 0.6 is 0 Å². The van der Waals surface area contributed by atoms with Crippen LogP contribution in [0.5, 0.6) is 5.75 Å². The summed E-state index contributed by atoms with van der Waals surface area (Å²) in [5.74, 6) is -3.42. The number of para-hydroxylation sites is 1. The van der Waals surface area contributed by atoms with Gasteiger partial charge in [-0.1, -0.05) is 30.3 Å². The van der Waals surface area contributed by atoms with E-state index < -0.39 is 29.3 Å². The lowest BCUT2D eigenvalue weighted by Gasteiger charge is -2.27. The summed E-state index contributed by atoms with van der Waals surface area (Å²) >= 11 is 0. The molecule has 2 aromatic rings. The summed E-state index contributed by atoms with van der Waals surface area (Å²) in [5.41, 5.74) is 7.24. The highest BCUT2D eigenvalue weighted by atomic mass is 19.1. The molecule has 0 aliphatic carbocycles. The number of allylic oxidation sites excluding steroid dienone is 2. The van der Waals surface area contributed by atoms with Crippen LogP contribution in [0, 0.1) is 23.0 Å². The number of carbonyl (C=O) groups is 1. The van der Waals surface area contributed by atoms with E-state index in [-0.39, 0.29) is 36.0 Å². The zero-order chi connectivity index (χ0) is 22.5. The summed E-state index contributed by atoms with van der Waals surface area (Å²) in [6.07, 6.45) is 0. The molecule has 1 heterocycles. The number of halogens is 2. The maximum atomic E-state index is 13.8. The van der Waals surface area contributed by atoms with Gasteiger partial charge in [-0.25, -0.2) is 13.6 Å². The molecule has 1 aliphatic rings. The summed E-state index contributed by atoms with van der Waals surface area (Å²) in [7, 11) is 0. The van der Waals surface area contributed by atoms with E-state index in [2.05, 4.69) is 0 Å². The number of hydrogen-bond acceptors (Lipinski definition) is 6. The third kappa shape index (κ3) is 4.51. The molecule has 0 bridgehead atoms. The molecular formula is C23H20F2N2O4. The van der Waals surface area contributed by atoms with Gasteiger partial charge in [0.1, 0.15) is 24.0 Å². The van der Waals surface area contributed by atoms with Crippen LogP contribution in [0.2, 0.25) is 0 Å². The van der Waals surface area contributed by atoms with Gasteiger partial charge in [0.15, 0.2) is 17.4 Å². The van der Waals surface area contributed by atoms with E-state index in [1.54, 1.807) is 38.1 Å². The minimum Gasteiger partial charge on any atom is -0.483 e. The molecule has 3 rings (SSSR count). The van der Waals surface area contributed by atoms with Gasteiger partial charge in [-0.05, 0) is 37.1 Å². The molecule has 2 aromatic carbocycles. The number of benzene rings is 2. The molecule has 0 saturated heterocycles. The van der Waals surface area contributed by atoms with Crippen molar-refractivity contribution in [3.8, 4) is 11.8 Å². The number of nitrogens with zero attached hydrogens (tertiary/aromatic N) is 1. The fourth-order valence-electron chi connectivity index (χ4n) is 3.33. The molecule has 8 heteroatoms. The Morgan fingerprint density at radius 1 is 1.23 bits per heavy atom. The number of hydrogen-bond donors (Lipinski definition) is 1. The number of rotatable bonds is 6. The first-order valence-corrected chi connectivity index (χ1v) is 9.48. The summed E-state index contributed by atoms with van der Waals surface area (Å²) in [6.45, 7) is 3.24. The van der Waals surface area contributed by atoms with Gasteiger partial charge in [0.2, 0.25) is 5.88 Å². The predicted octanol–water partition coefficient (Wildman–Crippen LogP) is 4.19. The van der Waals surface area contributed by atoms with Gasteiger partial charge in [-0.2, -0.15) is 5.26 Å². The largest absolute Gasteiger partial charge is 0.483 e. The summed E-state index contributed by atoms with van der Waals surface area (Å²) < 4.78 is 43.5. The van der Waals surface area contributed by atoms with E-state index >= 15 is 0 Å². The zero-order valence-corrected chi connectivity index (χ0v) is 16.9. The lowest BCUT2D eigenvalue weighted by Crippen LogP contribution is -2.25. The average molecular weight is 426 g/mol. The monoisotopic (exact) mass is 426 g/mol. The minimum atomic E-state index is -0.817. The molecule has 160 valence electrons. The van der Waals surface area contributed by atoms with Crippen molar-refractivity contribution in [3.63, 3.8) is 0 Å². The molecule has 0 saturated carbocycles. The van der Waals surface area contributed by atoms with Crippen LogP contribution in [-0.4, -0.2) is 12.6 Å². The van der Waals surface area contributed by atoms with Gasteiger partial charge in [-0.3, -0.25) is 0 Å². The fourth-order valence-corrected chi connectivity index (χ4v) is 3.33. The zero-order valence-electron chi connectivity index (χ0n) is 16.9. The summed E-state index contributed by atoms with van der Waals surface area (Å²) in [6, 6.07) is 12.2. The Morgan fingerprint density at radius 3 is 2.55 bits per heavy atom. The maximum absolute atomic E-state index is 13.8. The number of nitrogens with two attached hydrogens (primary N) is 1. The molecule has 0 radical (unpaired) electrons. The van der Waals surface area contributed by atoms with Crippen molar-refractivity contribution in [3.05, 3.63) is 88.0 Å². The van der Waals surface area contributed by atoms with Crippen molar-refractivity contribution in [1.82, 2.24) is 0 Å². The van der Waals surface area contributed by atoms with Crippen LogP contribution in [0.15, 0.2) is 65.3 Å². The second-order valence-electron chi connectivity index (χ2n) is 6.70. The first kappa shape index (κ1) is 21.8. The third-order valence-corrected chi connectivity index (χ3v) is 4.69. The van der Waals surface area contributed by atoms with Crippen LogP contribution in [0.1, 0.15) is 30.9 Å². The Bertz CT molecular complexity index is 1100. The quantitative estimate of drug-likeness (QED) is 0.696.